The first-order valence-corrected chi connectivity index (χ1v) is 12.0. The van der Waals surface area contributed by atoms with Crippen LogP contribution >= 0.6 is 0 Å². The lowest BCUT2D eigenvalue weighted by Gasteiger charge is -2.06. The SMILES string of the molecule is CC/C=C\C/C=C\C/C=C\C/C=C\C/C=C\CCCCCC(=O)CCC(C)CC.[HH]. The Balaban J connectivity index is 0. The molecule has 1 unspecified atom stereocenters. The first kappa shape index (κ1) is 27.4. The molecular formula is C28H48O. The Kier molecular flexibility index (Phi) is 21.4. The summed E-state index contributed by atoms with van der Waals surface area (Å²) < 4.78 is 0. The van der Waals surface area contributed by atoms with Crippen molar-refractivity contribution < 1.29 is 6.22 Å². The van der Waals surface area contributed by atoms with Gasteiger partial charge in [-0.25, -0.2) is 0 Å². The molecule has 0 aromatic heterocycles. The van der Waals surface area contributed by atoms with Gasteiger partial charge in [-0.1, -0.05) is 94.4 Å². The standard InChI is InChI=1S/C28H46O.H2/c1-4-6-7-8-9-10-11-12-13-14-15-16-17-18-19-20-21-22-23-24-28(29)26-25-27(3)5-2;/h6-7,9-10,12-13,15-16,18-19,27H,4-5,8,11,14,17,20-26H2,1-3H3;1H/b7-6-,10-9-,13-12-,16-15-,19-18-;. The summed E-state index contributed by atoms with van der Waals surface area (Å²) in [5, 5.41) is 0. The maximum atomic E-state index is 11.8. The molecule has 1 atom stereocenters. The first-order valence-electron chi connectivity index (χ1n) is 12.0. The average Bonchev–Trinajstić information content (AvgIpc) is 2.73. The largest absolute Gasteiger partial charge is 0.300 e. The molecule has 0 aliphatic carbocycles. The van der Waals surface area contributed by atoms with Crippen molar-refractivity contribution in [3.05, 3.63) is 60.8 Å². The van der Waals surface area contributed by atoms with Crippen LogP contribution in [-0.4, -0.2) is 5.78 Å². The summed E-state index contributed by atoms with van der Waals surface area (Å²) in [5.41, 5.74) is 0. The molecule has 0 amide bonds. The van der Waals surface area contributed by atoms with Crippen molar-refractivity contribution in [2.24, 2.45) is 5.92 Å². The molecule has 0 N–H and O–H groups in total. The first-order chi connectivity index (χ1) is 14.2. The number of hydrogen-bond donors (Lipinski definition) is 0. The van der Waals surface area contributed by atoms with Crippen molar-refractivity contribution in [3.63, 3.8) is 0 Å². The van der Waals surface area contributed by atoms with Gasteiger partial charge in [0.2, 0.25) is 0 Å². The smallest absolute Gasteiger partial charge is 0.132 e. The third kappa shape index (κ3) is 22.5. The maximum Gasteiger partial charge on any atom is 0.132 e. The highest BCUT2D eigenvalue weighted by Gasteiger charge is 2.04. The Morgan fingerprint density at radius 2 is 1.21 bits per heavy atom. The van der Waals surface area contributed by atoms with Gasteiger partial charge in [0.05, 0.1) is 0 Å². The second-order valence-electron chi connectivity index (χ2n) is 7.90. The van der Waals surface area contributed by atoms with Crippen molar-refractivity contribution in [2.45, 2.75) is 104 Å². The minimum Gasteiger partial charge on any atom is -0.300 e. The highest BCUT2D eigenvalue weighted by molar-refractivity contribution is 5.78. The molecule has 0 aliphatic rings. The van der Waals surface area contributed by atoms with Crippen LogP contribution in [0, 0.1) is 5.92 Å². The number of unbranched alkanes of at least 4 members (excludes halogenated alkanes) is 3. The van der Waals surface area contributed by atoms with Gasteiger partial charge < -0.3 is 0 Å². The van der Waals surface area contributed by atoms with Gasteiger partial charge in [-0.2, -0.15) is 0 Å². The third-order valence-corrected chi connectivity index (χ3v) is 5.10. The van der Waals surface area contributed by atoms with Gasteiger partial charge in [0.1, 0.15) is 5.78 Å². The van der Waals surface area contributed by atoms with Crippen molar-refractivity contribution in [3.8, 4) is 0 Å². The van der Waals surface area contributed by atoms with E-state index in [0.717, 1.165) is 64.2 Å². The van der Waals surface area contributed by atoms with E-state index in [9.17, 15) is 4.79 Å². The molecule has 166 valence electrons. The number of Topliss-reactive ketones (excluding diaryl/α,β-unsaturated/α-hetero) is 1. The predicted octanol–water partition coefficient (Wildman–Crippen LogP) is 9.33. The van der Waals surface area contributed by atoms with E-state index >= 15 is 0 Å². The molecule has 29 heavy (non-hydrogen) atoms. The van der Waals surface area contributed by atoms with E-state index in [-0.39, 0.29) is 1.43 Å². The lowest BCUT2D eigenvalue weighted by molar-refractivity contribution is -0.119. The van der Waals surface area contributed by atoms with Gasteiger partial charge in [0.15, 0.2) is 0 Å². The molecule has 0 aromatic carbocycles. The summed E-state index contributed by atoms with van der Waals surface area (Å²) in [6.45, 7) is 6.59. The maximum absolute atomic E-state index is 11.8. The Morgan fingerprint density at radius 3 is 1.72 bits per heavy atom. The van der Waals surface area contributed by atoms with Crippen LogP contribution in [0.15, 0.2) is 60.8 Å². The molecule has 0 aliphatic heterocycles. The zero-order chi connectivity index (χ0) is 21.4. The van der Waals surface area contributed by atoms with Gasteiger partial charge in [0, 0.05) is 14.3 Å². The van der Waals surface area contributed by atoms with Crippen LogP contribution in [0.5, 0.6) is 0 Å². The van der Waals surface area contributed by atoms with Gasteiger partial charge in [-0.3, -0.25) is 4.79 Å². The summed E-state index contributed by atoms with van der Waals surface area (Å²) in [4.78, 5) is 11.8. The molecule has 0 radical (unpaired) electrons. The Bertz CT molecular complexity index is 511. The minimum absolute atomic E-state index is 0. The molecule has 0 saturated carbocycles. The lowest BCUT2D eigenvalue weighted by atomic mass is 9.99. The van der Waals surface area contributed by atoms with Crippen molar-refractivity contribution >= 4 is 5.78 Å². The van der Waals surface area contributed by atoms with E-state index in [1.807, 2.05) is 0 Å². The van der Waals surface area contributed by atoms with Crippen molar-refractivity contribution in [1.29, 1.82) is 0 Å². The van der Waals surface area contributed by atoms with E-state index < -0.39 is 0 Å². The molecule has 0 rings (SSSR count). The molecule has 0 heterocycles. The van der Waals surface area contributed by atoms with Crippen LogP contribution in [0.2, 0.25) is 0 Å². The number of hydrogen-bond acceptors (Lipinski definition) is 1. The number of carbonyl (C=O) groups excluding carboxylic acids is 1. The summed E-state index contributed by atoms with van der Waals surface area (Å²) in [5.74, 6) is 1.15. The predicted molar refractivity (Wildman–Crippen MR) is 133 cm³/mol. The van der Waals surface area contributed by atoms with Crippen LogP contribution in [0.25, 0.3) is 0 Å². The minimum atomic E-state index is 0. The molecule has 1 nitrogen and oxygen atoms in total. The van der Waals surface area contributed by atoms with Gasteiger partial charge in [-0.05, 0) is 63.7 Å². The van der Waals surface area contributed by atoms with E-state index in [1.165, 1.54) is 19.3 Å². The topological polar surface area (TPSA) is 17.1 Å². The average molecular weight is 401 g/mol. The fourth-order valence-corrected chi connectivity index (χ4v) is 2.87. The quantitative estimate of drug-likeness (QED) is 0.156. The Labute approximate surface area is 183 Å². The van der Waals surface area contributed by atoms with Crippen LogP contribution in [-0.2, 0) is 4.79 Å². The van der Waals surface area contributed by atoms with Crippen LogP contribution < -0.4 is 0 Å². The molecule has 0 aromatic rings. The van der Waals surface area contributed by atoms with E-state index in [1.54, 1.807) is 0 Å². The zero-order valence-corrected chi connectivity index (χ0v) is 19.5. The lowest BCUT2D eigenvalue weighted by Crippen LogP contribution is -2.01. The summed E-state index contributed by atoms with van der Waals surface area (Å²) >= 11 is 0. The number of ketones is 1. The normalized spacial score (nSPS) is 13.8. The van der Waals surface area contributed by atoms with Gasteiger partial charge in [-0.15, -0.1) is 0 Å². The number of carbonyl (C=O) groups is 1. The Hall–Kier alpha value is -1.63. The fourth-order valence-electron chi connectivity index (χ4n) is 2.87. The molecule has 0 spiro atoms. The monoisotopic (exact) mass is 400 g/mol. The molecule has 1 heteroatoms. The summed E-state index contributed by atoms with van der Waals surface area (Å²) in [6.07, 6.45) is 35.9. The van der Waals surface area contributed by atoms with Gasteiger partial charge >= 0.3 is 0 Å². The highest BCUT2D eigenvalue weighted by atomic mass is 16.1. The second kappa shape index (κ2) is 22.7. The summed E-state index contributed by atoms with van der Waals surface area (Å²) in [7, 11) is 0. The second-order valence-corrected chi connectivity index (χ2v) is 7.90. The van der Waals surface area contributed by atoms with Gasteiger partial charge in [0.25, 0.3) is 0 Å². The molecule has 0 saturated heterocycles. The summed E-state index contributed by atoms with van der Waals surface area (Å²) in [6, 6.07) is 0. The molecule has 0 bridgehead atoms. The Morgan fingerprint density at radius 1 is 0.690 bits per heavy atom. The van der Waals surface area contributed by atoms with Crippen LogP contribution in [0.1, 0.15) is 106 Å². The van der Waals surface area contributed by atoms with Crippen LogP contribution in [0.3, 0.4) is 0 Å². The fraction of sp³-hybridized carbons (Fsp3) is 0.607. The number of rotatable bonds is 19. The van der Waals surface area contributed by atoms with Crippen molar-refractivity contribution in [1.82, 2.24) is 0 Å². The zero-order valence-electron chi connectivity index (χ0n) is 19.5. The van der Waals surface area contributed by atoms with Crippen LogP contribution in [0.4, 0.5) is 0 Å². The van der Waals surface area contributed by atoms with Crippen molar-refractivity contribution in [2.75, 3.05) is 0 Å². The molecule has 0 fully saturated rings. The molecular weight excluding hydrogens is 352 g/mol. The van der Waals surface area contributed by atoms with E-state index in [2.05, 4.69) is 81.5 Å². The third-order valence-electron chi connectivity index (χ3n) is 5.10. The highest BCUT2D eigenvalue weighted by Crippen LogP contribution is 2.12. The van der Waals surface area contributed by atoms with E-state index in [4.69, 9.17) is 0 Å². The van der Waals surface area contributed by atoms with E-state index in [0.29, 0.717) is 11.7 Å². The number of allylic oxidation sites excluding steroid dienone is 10.